The van der Waals surface area contributed by atoms with Crippen LogP contribution in [0, 0.1) is 29.6 Å². The summed E-state index contributed by atoms with van der Waals surface area (Å²) in [7, 11) is 0. The Hall–Kier alpha value is -1.13. The van der Waals surface area contributed by atoms with Crippen LogP contribution in [0.25, 0.3) is 0 Å². The van der Waals surface area contributed by atoms with Gasteiger partial charge in [-0.05, 0) is 50.0 Å². The van der Waals surface area contributed by atoms with Crippen molar-refractivity contribution >= 4 is 5.91 Å². The fraction of sp³-hybridized carbons (Fsp3) is 0.773. The molecule has 2 aliphatic rings. The lowest BCUT2D eigenvalue weighted by Crippen LogP contribution is -2.44. The van der Waals surface area contributed by atoms with Crippen molar-refractivity contribution in [3.8, 4) is 0 Å². The lowest BCUT2D eigenvalue weighted by molar-refractivity contribution is -0.130. The monoisotopic (exact) mass is 362 g/mol. The molecule has 4 heteroatoms. The van der Waals surface area contributed by atoms with Crippen molar-refractivity contribution in [3.05, 3.63) is 24.3 Å². The molecule has 5 atom stereocenters. The maximum absolute atomic E-state index is 13.0. The second kappa shape index (κ2) is 10.9. The topological polar surface area (TPSA) is 64.3 Å². The fourth-order valence-electron chi connectivity index (χ4n) is 4.36. The SMILES string of the molecule is CC1CC[C@@H](C(C)C)C(C(=O)NCC(OCCCN)C2C=CC=CC2)C1. The van der Waals surface area contributed by atoms with Gasteiger partial charge >= 0.3 is 0 Å². The van der Waals surface area contributed by atoms with Crippen molar-refractivity contribution < 1.29 is 9.53 Å². The van der Waals surface area contributed by atoms with Crippen LogP contribution in [0.2, 0.25) is 0 Å². The smallest absolute Gasteiger partial charge is 0.223 e. The Kier molecular flexibility index (Phi) is 8.86. The number of nitrogens with one attached hydrogen (secondary N) is 1. The van der Waals surface area contributed by atoms with Gasteiger partial charge in [-0.25, -0.2) is 0 Å². The zero-order valence-corrected chi connectivity index (χ0v) is 16.8. The average molecular weight is 363 g/mol. The number of hydrogen-bond donors (Lipinski definition) is 2. The first-order valence-electron chi connectivity index (χ1n) is 10.5. The Morgan fingerprint density at radius 2 is 2.12 bits per heavy atom. The van der Waals surface area contributed by atoms with Crippen molar-refractivity contribution in [2.45, 2.75) is 59.0 Å². The van der Waals surface area contributed by atoms with Crippen LogP contribution in [-0.2, 0) is 9.53 Å². The highest BCUT2D eigenvalue weighted by atomic mass is 16.5. The van der Waals surface area contributed by atoms with Gasteiger partial charge in [-0.2, -0.15) is 0 Å². The van der Waals surface area contributed by atoms with Crippen LogP contribution in [0.5, 0.6) is 0 Å². The van der Waals surface area contributed by atoms with Crippen LogP contribution in [0.1, 0.15) is 52.9 Å². The normalized spacial score (nSPS) is 29.7. The molecule has 1 fully saturated rings. The number of rotatable bonds is 9. The van der Waals surface area contributed by atoms with Crippen molar-refractivity contribution in [1.82, 2.24) is 5.32 Å². The molecule has 0 radical (unpaired) electrons. The molecule has 2 aliphatic carbocycles. The molecule has 2 rings (SSSR count). The van der Waals surface area contributed by atoms with Gasteiger partial charge in [-0.1, -0.05) is 51.5 Å². The van der Waals surface area contributed by atoms with E-state index < -0.39 is 0 Å². The van der Waals surface area contributed by atoms with Gasteiger partial charge in [0.2, 0.25) is 5.91 Å². The van der Waals surface area contributed by atoms with Crippen molar-refractivity contribution in [2.24, 2.45) is 35.3 Å². The molecule has 0 aliphatic heterocycles. The summed E-state index contributed by atoms with van der Waals surface area (Å²) in [5.74, 6) is 2.39. The second-order valence-electron chi connectivity index (χ2n) is 8.44. The summed E-state index contributed by atoms with van der Waals surface area (Å²) in [5.41, 5.74) is 5.59. The van der Waals surface area contributed by atoms with Gasteiger partial charge in [-0.3, -0.25) is 4.79 Å². The molecular weight excluding hydrogens is 324 g/mol. The first-order chi connectivity index (χ1) is 12.5. The predicted octanol–water partition coefficient (Wildman–Crippen LogP) is 3.68. The first-order valence-corrected chi connectivity index (χ1v) is 10.5. The highest BCUT2D eigenvalue weighted by Crippen LogP contribution is 2.38. The van der Waals surface area contributed by atoms with E-state index in [2.05, 4.69) is 50.4 Å². The van der Waals surface area contributed by atoms with Gasteiger partial charge in [0.1, 0.15) is 0 Å². The largest absolute Gasteiger partial charge is 0.376 e. The molecular formula is C22H38N2O2. The molecule has 0 aromatic heterocycles. The zero-order chi connectivity index (χ0) is 18.9. The van der Waals surface area contributed by atoms with Gasteiger partial charge in [0, 0.05) is 25.0 Å². The highest BCUT2D eigenvalue weighted by Gasteiger charge is 2.35. The molecule has 4 unspecified atom stereocenters. The Balaban J connectivity index is 1.93. The van der Waals surface area contributed by atoms with Crippen molar-refractivity contribution in [3.63, 3.8) is 0 Å². The van der Waals surface area contributed by atoms with E-state index >= 15 is 0 Å². The van der Waals surface area contributed by atoms with E-state index in [1.165, 1.54) is 12.8 Å². The third-order valence-electron chi connectivity index (χ3n) is 6.01. The summed E-state index contributed by atoms with van der Waals surface area (Å²) >= 11 is 0. The van der Waals surface area contributed by atoms with Gasteiger partial charge < -0.3 is 15.8 Å². The maximum Gasteiger partial charge on any atom is 0.223 e. The summed E-state index contributed by atoms with van der Waals surface area (Å²) in [6.07, 6.45) is 13.8. The Bertz CT molecular complexity index is 487. The predicted molar refractivity (Wildman–Crippen MR) is 108 cm³/mol. The van der Waals surface area contributed by atoms with Crippen LogP contribution in [-0.4, -0.2) is 31.7 Å². The number of ether oxygens (including phenoxy) is 1. The number of amides is 1. The lowest BCUT2D eigenvalue weighted by Gasteiger charge is -2.37. The molecule has 0 saturated heterocycles. The fourth-order valence-corrected chi connectivity index (χ4v) is 4.36. The molecule has 26 heavy (non-hydrogen) atoms. The maximum atomic E-state index is 13.0. The molecule has 0 aromatic rings. The summed E-state index contributed by atoms with van der Waals surface area (Å²) in [6, 6.07) is 0. The van der Waals surface area contributed by atoms with Crippen LogP contribution in [0.15, 0.2) is 24.3 Å². The minimum atomic E-state index is 0.0187. The molecule has 1 amide bonds. The molecule has 0 heterocycles. The van der Waals surface area contributed by atoms with Gasteiger partial charge in [0.05, 0.1) is 6.10 Å². The summed E-state index contributed by atoms with van der Waals surface area (Å²) in [6.45, 7) is 8.64. The van der Waals surface area contributed by atoms with E-state index in [4.69, 9.17) is 10.5 Å². The summed E-state index contributed by atoms with van der Waals surface area (Å²) in [4.78, 5) is 13.0. The quantitative estimate of drug-likeness (QED) is 0.615. The van der Waals surface area contributed by atoms with E-state index in [-0.39, 0.29) is 17.9 Å². The molecule has 0 bridgehead atoms. The zero-order valence-electron chi connectivity index (χ0n) is 16.8. The third-order valence-corrected chi connectivity index (χ3v) is 6.01. The summed E-state index contributed by atoms with van der Waals surface area (Å²) in [5, 5.41) is 3.23. The minimum Gasteiger partial charge on any atom is -0.376 e. The second-order valence-corrected chi connectivity index (χ2v) is 8.44. The van der Waals surface area contributed by atoms with E-state index in [1.807, 2.05) is 0 Å². The third kappa shape index (κ3) is 6.24. The van der Waals surface area contributed by atoms with Crippen LogP contribution < -0.4 is 11.1 Å². The molecule has 3 N–H and O–H groups in total. The van der Waals surface area contributed by atoms with E-state index in [9.17, 15) is 4.79 Å². The van der Waals surface area contributed by atoms with E-state index in [0.717, 1.165) is 19.3 Å². The van der Waals surface area contributed by atoms with E-state index in [1.54, 1.807) is 0 Å². The van der Waals surface area contributed by atoms with Crippen molar-refractivity contribution in [2.75, 3.05) is 19.7 Å². The Morgan fingerprint density at radius 1 is 1.31 bits per heavy atom. The van der Waals surface area contributed by atoms with Crippen molar-refractivity contribution in [1.29, 1.82) is 0 Å². The van der Waals surface area contributed by atoms with Crippen LogP contribution >= 0.6 is 0 Å². The molecule has 148 valence electrons. The van der Waals surface area contributed by atoms with E-state index in [0.29, 0.717) is 43.4 Å². The first kappa shape index (κ1) is 21.2. The number of hydrogen-bond acceptors (Lipinski definition) is 3. The highest BCUT2D eigenvalue weighted by molar-refractivity contribution is 5.79. The Labute approximate surface area is 159 Å². The van der Waals surface area contributed by atoms with Gasteiger partial charge in [0.25, 0.3) is 0 Å². The standard InChI is InChI=1S/C22H38N2O2/c1-16(2)19-11-10-17(3)14-20(19)22(25)24-15-21(26-13-7-12-23)18-8-5-4-6-9-18/h4-6,8,16-21H,7,9-15,23H2,1-3H3,(H,24,25)/t17?,18?,19-,20?,21?/m0/s1. The number of carbonyl (C=O) groups is 1. The van der Waals surface area contributed by atoms with Gasteiger partial charge in [0.15, 0.2) is 0 Å². The molecule has 1 saturated carbocycles. The molecule has 4 nitrogen and oxygen atoms in total. The molecule has 0 spiro atoms. The summed E-state index contributed by atoms with van der Waals surface area (Å²) < 4.78 is 6.08. The molecule has 0 aromatic carbocycles. The number of allylic oxidation sites excluding steroid dienone is 3. The lowest BCUT2D eigenvalue weighted by atomic mass is 9.70. The number of nitrogens with two attached hydrogens (primary N) is 1. The Morgan fingerprint density at radius 3 is 2.77 bits per heavy atom. The average Bonchev–Trinajstić information content (AvgIpc) is 2.64. The minimum absolute atomic E-state index is 0.0187. The van der Waals surface area contributed by atoms with Gasteiger partial charge in [-0.15, -0.1) is 0 Å². The number of carbonyl (C=O) groups excluding carboxylic acids is 1. The van der Waals surface area contributed by atoms with Crippen LogP contribution in [0.4, 0.5) is 0 Å². The van der Waals surface area contributed by atoms with Crippen LogP contribution in [0.3, 0.4) is 0 Å².